The quantitative estimate of drug-likeness (QED) is 0.800. The van der Waals surface area contributed by atoms with Crippen molar-refractivity contribution in [1.82, 2.24) is 15.5 Å². The van der Waals surface area contributed by atoms with Crippen LogP contribution in [-0.4, -0.2) is 57.2 Å². The number of carbonyl (C=O) groups is 1. The molecule has 1 aliphatic rings. The number of nitrogens with one attached hydrogen (secondary N) is 2. The van der Waals surface area contributed by atoms with Crippen molar-refractivity contribution in [3.8, 4) is 0 Å². The van der Waals surface area contributed by atoms with Crippen LogP contribution in [-0.2, 0) is 9.53 Å². The number of morpholine rings is 1. The van der Waals surface area contributed by atoms with Gasteiger partial charge in [0.1, 0.15) is 0 Å². The summed E-state index contributed by atoms with van der Waals surface area (Å²) in [6, 6.07) is 4.53. The average Bonchev–Trinajstić information content (AvgIpc) is 2.93. The second kappa shape index (κ2) is 11.2. The molecule has 128 valence electrons. The van der Waals surface area contributed by atoms with E-state index in [0.29, 0.717) is 19.6 Å². The third-order valence-electron chi connectivity index (χ3n) is 3.42. The van der Waals surface area contributed by atoms with Crippen LogP contribution >= 0.6 is 36.2 Å². The lowest BCUT2D eigenvalue weighted by atomic mass is 10.1. The summed E-state index contributed by atoms with van der Waals surface area (Å²) in [7, 11) is 4.07. The average molecular weight is 370 g/mol. The lowest BCUT2D eigenvalue weighted by Crippen LogP contribution is -2.45. The molecule has 0 saturated carbocycles. The number of amides is 1. The zero-order valence-corrected chi connectivity index (χ0v) is 15.4. The number of carbonyl (C=O) groups excluding carboxylic acids is 1. The van der Waals surface area contributed by atoms with Gasteiger partial charge in [0, 0.05) is 30.4 Å². The van der Waals surface area contributed by atoms with Crippen molar-refractivity contribution in [2.45, 2.75) is 18.5 Å². The number of likely N-dealkylation sites (N-methyl/N-ethyl adjacent to an activating group) is 1. The maximum absolute atomic E-state index is 12.0. The van der Waals surface area contributed by atoms with Crippen molar-refractivity contribution >= 4 is 42.1 Å². The zero-order valence-electron chi connectivity index (χ0n) is 12.9. The summed E-state index contributed by atoms with van der Waals surface area (Å²) in [4.78, 5) is 15.4. The molecule has 1 fully saturated rings. The number of ether oxygens (including phenoxy) is 1. The number of hydrogen-bond acceptors (Lipinski definition) is 5. The van der Waals surface area contributed by atoms with Gasteiger partial charge in [0.25, 0.3) is 0 Å². The van der Waals surface area contributed by atoms with Gasteiger partial charge in [-0.25, -0.2) is 0 Å². The molecule has 2 heterocycles. The molecule has 2 N–H and O–H groups in total. The summed E-state index contributed by atoms with van der Waals surface area (Å²) in [5.41, 5.74) is 0. The Morgan fingerprint density at radius 1 is 1.55 bits per heavy atom. The van der Waals surface area contributed by atoms with E-state index < -0.39 is 0 Å². The van der Waals surface area contributed by atoms with Gasteiger partial charge in [-0.2, -0.15) is 0 Å². The standard InChI is InChI=1S/C14H23N3O2S.2ClH/c1-17(2)12(13-4-3-7-20-13)9-16-14(18)8-11-10-19-6-5-15-11;;/h3-4,7,11-12,15H,5-6,8-10H2,1-2H3,(H,16,18);2*1H. The molecule has 0 spiro atoms. The van der Waals surface area contributed by atoms with Crippen LogP contribution in [0.3, 0.4) is 0 Å². The van der Waals surface area contributed by atoms with E-state index in [2.05, 4.69) is 27.0 Å². The van der Waals surface area contributed by atoms with Crippen molar-refractivity contribution in [3.63, 3.8) is 0 Å². The number of nitrogens with zero attached hydrogens (tertiary/aromatic N) is 1. The Morgan fingerprint density at radius 3 is 2.86 bits per heavy atom. The summed E-state index contributed by atoms with van der Waals surface area (Å²) >= 11 is 1.72. The Bertz CT molecular complexity index is 412. The Kier molecular flexibility index (Phi) is 11.0. The van der Waals surface area contributed by atoms with E-state index in [1.54, 1.807) is 11.3 Å². The van der Waals surface area contributed by atoms with Crippen LogP contribution in [0.25, 0.3) is 0 Å². The van der Waals surface area contributed by atoms with Gasteiger partial charge >= 0.3 is 0 Å². The predicted molar refractivity (Wildman–Crippen MR) is 95.5 cm³/mol. The highest BCUT2D eigenvalue weighted by atomic mass is 35.5. The number of halogens is 2. The van der Waals surface area contributed by atoms with Gasteiger partial charge in [-0.3, -0.25) is 4.79 Å². The first kappa shape index (κ1) is 21.6. The molecule has 22 heavy (non-hydrogen) atoms. The molecule has 1 aliphatic heterocycles. The Balaban J connectivity index is 0.00000220. The maximum Gasteiger partial charge on any atom is 0.221 e. The summed E-state index contributed by atoms with van der Waals surface area (Å²) in [6.45, 7) is 2.82. The van der Waals surface area contributed by atoms with Crippen LogP contribution in [0.1, 0.15) is 17.3 Å². The van der Waals surface area contributed by atoms with Gasteiger partial charge in [-0.05, 0) is 25.5 Å². The van der Waals surface area contributed by atoms with Crippen LogP contribution < -0.4 is 10.6 Å². The van der Waals surface area contributed by atoms with Gasteiger partial charge < -0.3 is 20.3 Å². The van der Waals surface area contributed by atoms with Gasteiger partial charge in [0.2, 0.25) is 5.91 Å². The van der Waals surface area contributed by atoms with Crippen molar-refractivity contribution < 1.29 is 9.53 Å². The lowest BCUT2D eigenvalue weighted by molar-refractivity contribution is -0.122. The monoisotopic (exact) mass is 369 g/mol. The van der Waals surface area contributed by atoms with E-state index in [1.807, 2.05) is 20.2 Å². The van der Waals surface area contributed by atoms with Crippen LogP contribution in [0, 0.1) is 0 Å². The summed E-state index contributed by atoms with van der Waals surface area (Å²) in [5, 5.41) is 8.39. The molecule has 0 aliphatic carbocycles. The molecule has 1 saturated heterocycles. The lowest BCUT2D eigenvalue weighted by Gasteiger charge is -2.25. The van der Waals surface area contributed by atoms with Crippen molar-refractivity contribution in [1.29, 1.82) is 0 Å². The van der Waals surface area contributed by atoms with Crippen molar-refractivity contribution in [3.05, 3.63) is 22.4 Å². The van der Waals surface area contributed by atoms with E-state index in [0.717, 1.165) is 13.2 Å². The normalized spacial score (nSPS) is 19.0. The minimum absolute atomic E-state index is 0. The molecular weight excluding hydrogens is 345 g/mol. The van der Waals surface area contributed by atoms with Gasteiger partial charge in [-0.15, -0.1) is 36.2 Å². The highest BCUT2D eigenvalue weighted by Crippen LogP contribution is 2.22. The van der Waals surface area contributed by atoms with Gasteiger partial charge in [0.05, 0.1) is 19.3 Å². The molecule has 2 unspecified atom stereocenters. The topological polar surface area (TPSA) is 53.6 Å². The van der Waals surface area contributed by atoms with E-state index in [4.69, 9.17) is 4.74 Å². The number of rotatable bonds is 6. The molecule has 1 aromatic heterocycles. The van der Waals surface area contributed by atoms with E-state index in [1.165, 1.54) is 4.88 Å². The largest absolute Gasteiger partial charge is 0.378 e. The Labute approximate surface area is 148 Å². The third kappa shape index (κ3) is 6.81. The first-order valence-corrected chi connectivity index (χ1v) is 7.82. The fourth-order valence-electron chi connectivity index (χ4n) is 2.28. The van der Waals surface area contributed by atoms with Gasteiger partial charge in [0.15, 0.2) is 0 Å². The Hall–Kier alpha value is -0.370. The van der Waals surface area contributed by atoms with Crippen LogP contribution in [0.4, 0.5) is 0 Å². The van der Waals surface area contributed by atoms with E-state index >= 15 is 0 Å². The third-order valence-corrected chi connectivity index (χ3v) is 4.39. The molecule has 2 rings (SSSR count). The molecule has 1 amide bonds. The van der Waals surface area contributed by atoms with Crippen LogP contribution in [0.2, 0.25) is 0 Å². The molecule has 0 aromatic carbocycles. The SMILES string of the molecule is CN(C)C(CNC(=O)CC1COCCN1)c1cccs1.Cl.Cl. The second-order valence-electron chi connectivity index (χ2n) is 5.23. The fourth-order valence-corrected chi connectivity index (χ4v) is 3.20. The number of hydrogen-bond donors (Lipinski definition) is 2. The van der Waals surface area contributed by atoms with E-state index in [-0.39, 0.29) is 42.8 Å². The van der Waals surface area contributed by atoms with Crippen molar-refractivity contribution in [2.75, 3.05) is 40.4 Å². The van der Waals surface area contributed by atoms with Crippen molar-refractivity contribution in [2.24, 2.45) is 0 Å². The summed E-state index contributed by atoms with van der Waals surface area (Å²) in [5.74, 6) is 0.0800. The first-order chi connectivity index (χ1) is 9.66. The summed E-state index contributed by atoms with van der Waals surface area (Å²) in [6.07, 6.45) is 0.477. The molecule has 1 aromatic rings. The first-order valence-electron chi connectivity index (χ1n) is 6.94. The smallest absolute Gasteiger partial charge is 0.221 e. The highest BCUT2D eigenvalue weighted by molar-refractivity contribution is 7.10. The fraction of sp³-hybridized carbons (Fsp3) is 0.643. The zero-order chi connectivity index (χ0) is 14.4. The van der Waals surface area contributed by atoms with Crippen LogP contribution in [0.5, 0.6) is 0 Å². The number of thiophene rings is 1. The maximum atomic E-state index is 12.0. The Morgan fingerprint density at radius 2 is 2.32 bits per heavy atom. The minimum atomic E-state index is 0. The minimum Gasteiger partial charge on any atom is -0.378 e. The predicted octanol–water partition coefficient (Wildman–Crippen LogP) is 1.69. The highest BCUT2D eigenvalue weighted by Gasteiger charge is 2.19. The van der Waals surface area contributed by atoms with Crippen LogP contribution in [0.15, 0.2) is 17.5 Å². The van der Waals surface area contributed by atoms with Gasteiger partial charge in [-0.1, -0.05) is 6.07 Å². The molecule has 0 bridgehead atoms. The molecule has 2 atom stereocenters. The van der Waals surface area contributed by atoms with E-state index in [9.17, 15) is 4.79 Å². The molecule has 8 heteroatoms. The molecule has 0 radical (unpaired) electrons. The second-order valence-corrected chi connectivity index (χ2v) is 6.21. The molecular formula is C14H25Cl2N3O2S. The summed E-state index contributed by atoms with van der Waals surface area (Å²) < 4.78 is 5.36. The molecule has 5 nitrogen and oxygen atoms in total.